The summed E-state index contributed by atoms with van der Waals surface area (Å²) >= 11 is 0. The summed E-state index contributed by atoms with van der Waals surface area (Å²) in [5, 5.41) is 9.66. The summed E-state index contributed by atoms with van der Waals surface area (Å²) in [5.41, 5.74) is 2.59. The number of aromatic carboxylic acids is 1. The first-order valence-electron chi connectivity index (χ1n) is 5.53. The number of carbonyl (C=O) groups is 1. The zero-order chi connectivity index (χ0) is 12.9. The molecule has 18 heavy (non-hydrogen) atoms. The molecule has 0 radical (unpaired) electrons. The van der Waals surface area contributed by atoms with Gasteiger partial charge in [-0.2, -0.15) is 0 Å². The van der Waals surface area contributed by atoms with Crippen LogP contribution in [0.25, 0.3) is 10.9 Å². The fourth-order valence-electron chi connectivity index (χ4n) is 2.36. The summed E-state index contributed by atoms with van der Waals surface area (Å²) in [6, 6.07) is 4.73. The average molecular weight is 265 g/mol. The van der Waals surface area contributed by atoms with E-state index in [0.717, 1.165) is 16.8 Å². The van der Waals surface area contributed by atoms with Crippen molar-refractivity contribution in [1.29, 1.82) is 0 Å². The number of rotatable bonds is 1. The Morgan fingerprint density at radius 2 is 2.11 bits per heavy atom. The highest BCUT2D eigenvalue weighted by Crippen LogP contribution is 2.29. The summed E-state index contributed by atoms with van der Waals surface area (Å²) in [6.07, 6.45) is 0.467. The molecule has 1 aromatic heterocycles. The van der Waals surface area contributed by atoms with Crippen molar-refractivity contribution in [3.05, 3.63) is 35.0 Å². The van der Waals surface area contributed by atoms with Crippen LogP contribution in [0.4, 0.5) is 0 Å². The maximum atomic E-state index is 11.6. The molecule has 5 nitrogen and oxygen atoms in total. The first-order valence-corrected chi connectivity index (χ1v) is 7.35. The van der Waals surface area contributed by atoms with E-state index in [1.165, 1.54) is 12.1 Å². The molecule has 3 rings (SSSR count). The molecule has 0 unspecified atom stereocenters. The van der Waals surface area contributed by atoms with E-state index < -0.39 is 15.8 Å². The SMILES string of the molecule is O=C(O)c1ccc2[nH]c3c(c2c1)CS(=O)(=O)CC3. The molecule has 1 aromatic carbocycles. The van der Waals surface area contributed by atoms with Crippen molar-refractivity contribution in [2.45, 2.75) is 12.2 Å². The smallest absolute Gasteiger partial charge is 0.335 e. The molecule has 0 spiro atoms. The van der Waals surface area contributed by atoms with Crippen molar-refractivity contribution in [1.82, 2.24) is 4.98 Å². The van der Waals surface area contributed by atoms with E-state index in [1.54, 1.807) is 6.07 Å². The van der Waals surface area contributed by atoms with Crippen LogP contribution in [0.2, 0.25) is 0 Å². The van der Waals surface area contributed by atoms with Gasteiger partial charge in [-0.3, -0.25) is 0 Å². The predicted molar refractivity (Wildman–Crippen MR) is 66.5 cm³/mol. The van der Waals surface area contributed by atoms with E-state index in [0.29, 0.717) is 11.8 Å². The van der Waals surface area contributed by atoms with Gasteiger partial charge in [0.15, 0.2) is 9.84 Å². The fourth-order valence-corrected chi connectivity index (χ4v) is 3.79. The van der Waals surface area contributed by atoms with Gasteiger partial charge in [-0.15, -0.1) is 0 Å². The van der Waals surface area contributed by atoms with Gasteiger partial charge in [0.2, 0.25) is 0 Å². The lowest BCUT2D eigenvalue weighted by molar-refractivity contribution is 0.0697. The summed E-state index contributed by atoms with van der Waals surface area (Å²) in [4.78, 5) is 14.1. The second-order valence-electron chi connectivity index (χ2n) is 4.49. The highest BCUT2D eigenvalue weighted by atomic mass is 32.2. The molecule has 2 N–H and O–H groups in total. The van der Waals surface area contributed by atoms with Gasteiger partial charge in [-0.05, 0) is 23.8 Å². The third-order valence-corrected chi connectivity index (χ3v) is 4.82. The molecule has 6 heteroatoms. The van der Waals surface area contributed by atoms with Gasteiger partial charge >= 0.3 is 5.97 Å². The highest BCUT2D eigenvalue weighted by Gasteiger charge is 2.25. The number of sulfone groups is 1. The Balaban J connectivity index is 2.26. The Hall–Kier alpha value is -1.82. The molecule has 0 atom stereocenters. The van der Waals surface area contributed by atoms with Crippen molar-refractivity contribution in [2.75, 3.05) is 5.75 Å². The van der Waals surface area contributed by atoms with Crippen LogP contribution in [0.3, 0.4) is 0 Å². The van der Waals surface area contributed by atoms with E-state index in [2.05, 4.69) is 4.98 Å². The lowest BCUT2D eigenvalue weighted by Gasteiger charge is -2.11. The van der Waals surface area contributed by atoms with Crippen molar-refractivity contribution in [3.63, 3.8) is 0 Å². The standard InChI is InChI=1S/C12H11NO4S/c14-12(15)7-1-2-10-8(5-7)9-6-18(16,17)4-3-11(9)13-10/h1-2,5,13H,3-4,6H2,(H,14,15). The normalized spacial score (nSPS) is 17.6. The summed E-state index contributed by atoms with van der Waals surface area (Å²) in [5.74, 6) is -0.866. The Morgan fingerprint density at radius 1 is 1.33 bits per heavy atom. The quantitative estimate of drug-likeness (QED) is 0.814. The molecular weight excluding hydrogens is 254 g/mol. The molecule has 1 aliphatic heterocycles. The average Bonchev–Trinajstić information content (AvgIpc) is 2.65. The zero-order valence-electron chi connectivity index (χ0n) is 9.43. The van der Waals surface area contributed by atoms with Crippen LogP contribution in [0.5, 0.6) is 0 Å². The van der Waals surface area contributed by atoms with E-state index in [1.807, 2.05) is 0 Å². The molecule has 0 saturated carbocycles. The number of fused-ring (bicyclic) bond motifs is 3. The van der Waals surface area contributed by atoms with Crippen LogP contribution in [0.1, 0.15) is 21.6 Å². The van der Waals surface area contributed by atoms with Crippen molar-refractivity contribution in [3.8, 4) is 0 Å². The molecule has 2 heterocycles. The van der Waals surface area contributed by atoms with Gasteiger partial charge in [0, 0.05) is 23.0 Å². The minimum absolute atomic E-state index is 0.00853. The number of hydrogen-bond donors (Lipinski definition) is 2. The van der Waals surface area contributed by atoms with E-state index in [9.17, 15) is 13.2 Å². The lowest BCUT2D eigenvalue weighted by atomic mass is 10.1. The van der Waals surface area contributed by atoms with Gasteiger partial charge in [0.25, 0.3) is 0 Å². The van der Waals surface area contributed by atoms with Gasteiger partial charge < -0.3 is 10.1 Å². The minimum Gasteiger partial charge on any atom is -0.478 e. The van der Waals surface area contributed by atoms with Crippen molar-refractivity contribution >= 4 is 26.7 Å². The topological polar surface area (TPSA) is 87.2 Å². The molecule has 2 aromatic rings. The zero-order valence-corrected chi connectivity index (χ0v) is 10.3. The molecule has 1 aliphatic rings. The minimum atomic E-state index is -3.06. The Morgan fingerprint density at radius 3 is 2.83 bits per heavy atom. The van der Waals surface area contributed by atoms with Crippen molar-refractivity contribution in [2.24, 2.45) is 0 Å². The maximum absolute atomic E-state index is 11.6. The van der Waals surface area contributed by atoms with Crippen LogP contribution in [-0.4, -0.2) is 30.2 Å². The number of aromatic nitrogens is 1. The Bertz CT molecular complexity index is 758. The van der Waals surface area contributed by atoms with Crippen LogP contribution >= 0.6 is 0 Å². The fraction of sp³-hybridized carbons (Fsp3) is 0.250. The van der Waals surface area contributed by atoms with Crippen LogP contribution in [-0.2, 0) is 22.0 Å². The van der Waals surface area contributed by atoms with Gasteiger partial charge in [-0.1, -0.05) is 0 Å². The van der Waals surface area contributed by atoms with E-state index in [-0.39, 0.29) is 17.1 Å². The molecule has 0 saturated heterocycles. The number of carboxylic acid groups (broad SMARTS) is 1. The van der Waals surface area contributed by atoms with E-state index in [4.69, 9.17) is 5.11 Å². The molecule has 0 bridgehead atoms. The summed E-state index contributed by atoms with van der Waals surface area (Å²) in [7, 11) is -3.06. The number of benzene rings is 1. The van der Waals surface area contributed by atoms with Crippen LogP contribution < -0.4 is 0 Å². The molecule has 0 amide bonds. The number of H-pyrrole nitrogens is 1. The second kappa shape index (κ2) is 3.58. The number of carboxylic acids is 1. The third-order valence-electron chi connectivity index (χ3n) is 3.27. The van der Waals surface area contributed by atoms with Crippen LogP contribution in [0, 0.1) is 0 Å². The third kappa shape index (κ3) is 1.69. The number of nitrogens with one attached hydrogen (secondary N) is 1. The molecule has 94 valence electrons. The summed E-state index contributed by atoms with van der Waals surface area (Å²) < 4.78 is 23.3. The number of aryl methyl sites for hydroxylation is 1. The molecule has 0 fully saturated rings. The maximum Gasteiger partial charge on any atom is 0.335 e. The van der Waals surface area contributed by atoms with Crippen LogP contribution in [0.15, 0.2) is 18.2 Å². The predicted octanol–water partition coefficient (Wildman–Crippen LogP) is 1.34. The lowest BCUT2D eigenvalue weighted by Crippen LogP contribution is -2.18. The highest BCUT2D eigenvalue weighted by molar-refractivity contribution is 7.90. The Kier molecular flexibility index (Phi) is 2.25. The van der Waals surface area contributed by atoms with E-state index >= 15 is 0 Å². The second-order valence-corrected chi connectivity index (χ2v) is 6.67. The largest absolute Gasteiger partial charge is 0.478 e. The molecule has 0 aliphatic carbocycles. The van der Waals surface area contributed by atoms with Gasteiger partial charge in [0.1, 0.15) is 0 Å². The van der Waals surface area contributed by atoms with Gasteiger partial charge in [0.05, 0.1) is 17.1 Å². The monoisotopic (exact) mass is 265 g/mol. The first-order chi connectivity index (χ1) is 8.46. The van der Waals surface area contributed by atoms with Crippen molar-refractivity contribution < 1.29 is 18.3 Å². The number of hydrogen-bond acceptors (Lipinski definition) is 3. The molecular formula is C12H11NO4S. The first kappa shape index (κ1) is 11.3. The Labute approximate surface area is 103 Å². The van der Waals surface area contributed by atoms with Gasteiger partial charge in [-0.25, -0.2) is 13.2 Å². The summed E-state index contributed by atoms with van der Waals surface area (Å²) in [6.45, 7) is 0. The number of aromatic amines is 1.